The third-order valence-corrected chi connectivity index (χ3v) is 2.66. The van der Waals surface area contributed by atoms with E-state index in [0.29, 0.717) is 18.0 Å². The molecule has 1 aromatic carbocycles. The number of nitrogens with one attached hydrogen (secondary N) is 1. The molecule has 16 heavy (non-hydrogen) atoms. The first kappa shape index (κ1) is 13.1. The highest BCUT2D eigenvalue weighted by Crippen LogP contribution is 2.34. The number of hydrogen-bond donors (Lipinski definition) is 2. The highest BCUT2D eigenvalue weighted by atomic mass is 35.5. The van der Waals surface area contributed by atoms with Crippen LogP contribution >= 0.6 is 12.4 Å². The zero-order valence-corrected chi connectivity index (χ0v) is 10.1. The van der Waals surface area contributed by atoms with Crippen LogP contribution < -0.4 is 14.8 Å². The van der Waals surface area contributed by atoms with Gasteiger partial charge < -0.3 is 19.9 Å². The summed E-state index contributed by atoms with van der Waals surface area (Å²) in [6, 6.07) is 3.75. The van der Waals surface area contributed by atoms with E-state index < -0.39 is 6.10 Å². The van der Waals surface area contributed by atoms with Crippen LogP contribution in [0, 0.1) is 0 Å². The lowest BCUT2D eigenvalue weighted by atomic mass is 9.98. The van der Waals surface area contributed by atoms with Gasteiger partial charge in [0.05, 0.1) is 20.3 Å². The second-order valence-electron chi connectivity index (χ2n) is 3.55. The smallest absolute Gasteiger partial charge is 0.161 e. The number of rotatable bonds is 2. The summed E-state index contributed by atoms with van der Waals surface area (Å²) >= 11 is 0. The molecule has 0 saturated heterocycles. The summed E-state index contributed by atoms with van der Waals surface area (Å²) in [6.07, 6.45) is -0.464. The van der Waals surface area contributed by atoms with E-state index in [1.54, 1.807) is 14.2 Å². The van der Waals surface area contributed by atoms with Crippen LogP contribution in [0.3, 0.4) is 0 Å². The highest BCUT2D eigenvalue weighted by molar-refractivity contribution is 5.85. The van der Waals surface area contributed by atoms with Crippen molar-refractivity contribution < 1.29 is 14.6 Å². The van der Waals surface area contributed by atoms with Crippen molar-refractivity contribution in [2.24, 2.45) is 0 Å². The summed E-state index contributed by atoms with van der Waals surface area (Å²) in [5.41, 5.74) is 1.98. The third-order valence-electron chi connectivity index (χ3n) is 2.66. The highest BCUT2D eigenvalue weighted by Gasteiger charge is 2.20. The summed E-state index contributed by atoms with van der Waals surface area (Å²) in [6.45, 7) is 1.34. The molecule has 0 aliphatic carbocycles. The maximum absolute atomic E-state index is 9.79. The molecule has 0 bridgehead atoms. The van der Waals surface area contributed by atoms with Crippen molar-refractivity contribution in [3.63, 3.8) is 0 Å². The maximum Gasteiger partial charge on any atom is 0.161 e. The number of methoxy groups -OCH3 is 2. The molecule has 1 atom stereocenters. The number of hydrogen-bond acceptors (Lipinski definition) is 4. The van der Waals surface area contributed by atoms with Crippen molar-refractivity contribution in [3.05, 3.63) is 23.3 Å². The van der Waals surface area contributed by atoms with Gasteiger partial charge in [-0.15, -0.1) is 12.4 Å². The lowest BCUT2D eigenvalue weighted by Crippen LogP contribution is -2.28. The number of benzene rings is 1. The minimum atomic E-state index is -0.464. The Morgan fingerprint density at radius 3 is 2.50 bits per heavy atom. The summed E-state index contributed by atoms with van der Waals surface area (Å²) in [4.78, 5) is 0. The van der Waals surface area contributed by atoms with Gasteiger partial charge in [-0.25, -0.2) is 0 Å². The van der Waals surface area contributed by atoms with Crippen molar-refractivity contribution in [2.45, 2.75) is 12.6 Å². The van der Waals surface area contributed by atoms with Crippen molar-refractivity contribution in [1.29, 1.82) is 0 Å². The predicted octanol–water partition coefficient (Wildman–Crippen LogP) is 1.26. The van der Waals surface area contributed by atoms with E-state index >= 15 is 0 Å². The van der Waals surface area contributed by atoms with E-state index in [9.17, 15) is 5.11 Å². The average Bonchev–Trinajstić information content (AvgIpc) is 2.28. The largest absolute Gasteiger partial charge is 0.493 e. The Kier molecular flexibility index (Phi) is 4.41. The summed E-state index contributed by atoms with van der Waals surface area (Å²) in [5.74, 6) is 1.37. The molecular weight excluding hydrogens is 230 g/mol. The second kappa shape index (κ2) is 5.39. The molecule has 2 rings (SSSR count). The Balaban J connectivity index is 0.00000128. The fraction of sp³-hybridized carbons (Fsp3) is 0.455. The Labute approximate surface area is 101 Å². The number of halogens is 1. The lowest BCUT2D eigenvalue weighted by Gasteiger charge is -2.23. The third kappa shape index (κ3) is 2.24. The van der Waals surface area contributed by atoms with E-state index in [1.165, 1.54) is 0 Å². The fourth-order valence-corrected chi connectivity index (χ4v) is 1.85. The van der Waals surface area contributed by atoms with Gasteiger partial charge in [-0.1, -0.05) is 0 Å². The second-order valence-corrected chi connectivity index (χ2v) is 3.55. The van der Waals surface area contributed by atoms with Crippen LogP contribution in [0.4, 0.5) is 0 Å². The van der Waals surface area contributed by atoms with Crippen LogP contribution in [-0.4, -0.2) is 25.9 Å². The molecule has 0 aromatic heterocycles. The SMILES string of the molecule is COc1cc2c(cc1OC)C(O)CNC2.Cl. The van der Waals surface area contributed by atoms with Gasteiger partial charge in [0.1, 0.15) is 0 Å². The fourth-order valence-electron chi connectivity index (χ4n) is 1.85. The molecule has 2 N–H and O–H groups in total. The number of fused-ring (bicyclic) bond motifs is 1. The first-order valence-electron chi connectivity index (χ1n) is 4.90. The molecular formula is C11H16ClNO3. The summed E-state index contributed by atoms with van der Waals surface area (Å²) < 4.78 is 10.4. The van der Waals surface area contributed by atoms with E-state index in [0.717, 1.165) is 17.7 Å². The van der Waals surface area contributed by atoms with Crippen LogP contribution in [0.25, 0.3) is 0 Å². The first-order chi connectivity index (χ1) is 7.26. The Morgan fingerprint density at radius 2 is 1.88 bits per heavy atom. The number of aliphatic hydroxyl groups excluding tert-OH is 1. The zero-order valence-electron chi connectivity index (χ0n) is 9.32. The van der Waals surface area contributed by atoms with Gasteiger partial charge in [-0.2, -0.15) is 0 Å². The molecule has 0 saturated carbocycles. The van der Waals surface area contributed by atoms with Crippen LogP contribution in [0.1, 0.15) is 17.2 Å². The molecule has 0 radical (unpaired) electrons. The van der Waals surface area contributed by atoms with Crippen LogP contribution in [-0.2, 0) is 6.54 Å². The quantitative estimate of drug-likeness (QED) is 0.824. The number of aliphatic hydroxyl groups is 1. The van der Waals surface area contributed by atoms with Gasteiger partial charge in [-0.05, 0) is 23.3 Å². The lowest BCUT2D eigenvalue weighted by molar-refractivity contribution is 0.164. The number of β-amino-alcohol motifs (C(OH)–C–C–N with tert-alkyl or cyclic N) is 1. The minimum absolute atomic E-state index is 0. The van der Waals surface area contributed by atoms with Crippen LogP contribution in [0.2, 0.25) is 0 Å². The summed E-state index contributed by atoms with van der Waals surface area (Å²) in [7, 11) is 3.20. The van der Waals surface area contributed by atoms with Gasteiger partial charge in [0, 0.05) is 13.1 Å². The molecule has 0 spiro atoms. The maximum atomic E-state index is 9.79. The van der Waals surface area contributed by atoms with E-state index in [-0.39, 0.29) is 12.4 Å². The topological polar surface area (TPSA) is 50.7 Å². The molecule has 1 unspecified atom stereocenters. The van der Waals surface area contributed by atoms with Crippen LogP contribution in [0.5, 0.6) is 11.5 Å². The van der Waals surface area contributed by atoms with Crippen molar-refractivity contribution in [2.75, 3.05) is 20.8 Å². The normalized spacial score (nSPS) is 18.3. The van der Waals surface area contributed by atoms with Crippen molar-refractivity contribution in [1.82, 2.24) is 5.32 Å². The molecule has 1 aliphatic rings. The van der Waals surface area contributed by atoms with Crippen LogP contribution in [0.15, 0.2) is 12.1 Å². The average molecular weight is 246 g/mol. The van der Waals surface area contributed by atoms with Crippen molar-refractivity contribution >= 4 is 12.4 Å². The Hall–Kier alpha value is -0.970. The van der Waals surface area contributed by atoms with Gasteiger partial charge in [0.25, 0.3) is 0 Å². The van der Waals surface area contributed by atoms with Crippen molar-refractivity contribution in [3.8, 4) is 11.5 Å². The molecule has 1 aliphatic heterocycles. The Bertz CT molecular complexity index is 370. The predicted molar refractivity (Wildman–Crippen MR) is 63.5 cm³/mol. The monoisotopic (exact) mass is 245 g/mol. The van der Waals surface area contributed by atoms with Gasteiger partial charge >= 0.3 is 0 Å². The molecule has 90 valence electrons. The minimum Gasteiger partial charge on any atom is -0.493 e. The van der Waals surface area contributed by atoms with E-state index in [2.05, 4.69) is 5.32 Å². The molecule has 4 nitrogen and oxygen atoms in total. The van der Waals surface area contributed by atoms with Gasteiger partial charge in [-0.3, -0.25) is 0 Å². The number of ether oxygens (including phenoxy) is 2. The van der Waals surface area contributed by atoms with E-state index in [1.807, 2.05) is 12.1 Å². The van der Waals surface area contributed by atoms with E-state index in [4.69, 9.17) is 9.47 Å². The zero-order chi connectivity index (χ0) is 10.8. The molecule has 1 heterocycles. The molecule has 0 fully saturated rings. The Morgan fingerprint density at radius 1 is 1.25 bits per heavy atom. The van der Waals surface area contributed by atoms with Gasteiger partial charge in [0.2, 0.25) is 0 Å². The van der Waals surface area contributed by atoms with Gasteiger partial charge in [0.15, 0.2) is 11.5 Å². The standard InChI is InChI=1S/C11H15NO3.ClH/c1-14-10-3-7-5-12-6-9(13)8(7)4-11(10)15-2;/h3-4,9,12-13H,5-6H2,1-2H3;1H. The molecule has 1 aromatic rings. The first-order valence-corrected chi connectivity index (χ1v) is 4.90. The molecule has 0 amide bonds. The molecule has 5 heteroatoms. The summed E-state index contributed by atoms with van der Waals surface area (Å²) in [5, 5.41) is 12.9.